The van der Waals surface area contributed by atoms with E-state index in [0.29, 0.717) is 5.56 Å². The number of amides is 2. The lowest BCUT2D eigenvalue weighted by Crippen LogP contribution is -2.40. The van der Waals surface area contributed by atoms with Gasteiger partial charge in [-0.15, -0.1) is 11.3 Å². The van der Waals surface area contributed by atoms with Crippen LogP contribution in [0.15, 0.2) is 18.3 Å². The number of hydrogen-bond acceptors (Lipinski definition) is 7. The first-order chi connectivity index (χ1) is 12.0. The highest BCUT2D eigenvalue weighted by Crippen LogP contribution is 2.36. The summed E-state index contributed by atoms with van der Waals surface area (Å²) in [6.07, 6.45) is 1.26. The summed E-state index contributed by atoms with van der Waals surface area (Å²) in [7, 11) is 0. The number of fused-ring (bicyclic) bond motifs is 2. The number of ether oxygens (including phenoxy) is 1. The summed E-state index contributed by atoms with van der Waals surface area (Å²) >= 11 is 1.20. The van der Waals surface area contributed by atoms with Gasteiger partial charge in [0.2, 0.25) is 0 Å². The van der Waals surface area contributed by atoms with E-state index in [4.69, 9.17) is 10.5 Å². The number of carboxylic acids is 1. The molecule has 2 aliphatic heterocycles. The second-order valence-corrected chi connectivity index (χ2v) is 6.94. The molecule has 0 spiro atoms. The summed E-state index contributed by atoms with van der Waals surface area (Å²) in [6.45, 7) is 0.256. The van der Waals surface area contributed by atoms with Crippen molar-refractivity contribution < 1.29 is 24.2 Å². The minimum atomic E-state index is -1.08. The molecule has 3 N–H and O–H groups in total. The Hall–Kier alpha value is -2.78. The molecular weight excluding hydrogens is 346 g/mol. The summed E-state index contributed by atoms with van der Waals surface area (Å²) in [5.74, 6) is -1.95. The van der Waals surface area contributed by atoms with E-state index in [1.807, 2.05) is 0 Å². The van der Waals surface area contributed by atoms with Crippen LogP contribution in [0.25, 0.3) is 0 Å². The number of hydrogen-bond donors (Lipinski definition) is 2. The van der Waals surface area contributed by atoms with Gasteiger partial charge < -0.3 is 15.6 Å². The molecule has 25 heavy (non-hydrogen) atoms. The van der Waals surface area contributed by atoms with E-state index in [9.17, 15) is 19.5 Å². The molecule has 2 amide bonds. The van der Waals surface area contributed by atoms with Crippen LogP contribution in [0, 0.1) is 0 Å². The van der Waals surface area contributed by atoms with Gasteiger partial charge in [0, 0.05) is 17.5 Å². The predicted octanol–water partition coefficient (Wildman–Crippen LogP) is 1.16. The zero-order valence-corrected chi connectivity index (χ0v) is 13.7. The first kappa shape index (κ1) is 15.7. The molecule has 1 atom stereocenters. The largest absolute Gasteiger partial charge is 0.478 e. The number of nitrogens with two attached hydrogens (primary N) is 1. The topological polar surface area (TPSA) is 123 Å². The lowest BCUT2D eigenvalue weighted by Gasteiger charge is -2.26. The third kappa shape index (κ3) is 2.39. The van der Waals surface area contributed by atoms with E-state index in [1.54, 1.807) is 12.1 Å². The Morgan fingerprint density at radius 2 is 2.24 bits per heavy atom. The molecule has 9 heteroatoms. The van der Waals surface area contributed by atoms with E-state index in [-0.39, 0.29) is 41.4 Å². The van der Waals surface area contributed by atoms with E-state index < -0.39 is 23.9 Å². The minimum Gasteiger partial charge on any atom is -0.478 e. The molecule has 0 saturated carbocycles. The smallest absolute Gasteiger partial charge is 0.338 e. The molecule has 2 aromatic heterocycles. The molecule has 4 rings (SSSR count). The number of aromatic carboxylic acids is 1. The fourth-order valence-corrected chi connectivity index (χ4v) is 4.19. The molecule has 0 saturated heterocycles. The van der Waals surface area contributed by atoms with Crippen LogP contribution >= 0.6 is 11.3 Å². The lowest BCUT2D eigenvalue weighted by molar-refractivity contribution is 0.00925. The number of carboxylic acid groups (broad SMARTS) is 1. The molecule has 4 heterocycles. The zero-order valence-electron chi connectivity index (χ0n) is 12.9. The number of rotatable bonds is 3. The Kier molecular flexibility index (Phi) is 3.55. The van der Waals surface area contributed by atoms with Gasteiger partial charge in [0.15, 0.2) is 0 Å². The van der Waals surface area contributed by atoms with Gasteiger partial charge in [-0.25, -0.2) is 4.79 Å². The van der Waals surface area contributed by atoms with Crippen molar-refractivity contribution in [2.45, 2.75) is 19.1 Å². The highest BCUT2D eigenvalue weighted by Gasteiger charge is 2.39. The van der Waals surface area contributed by atoms with Crippen LogP contribution in [0.4, 0.5) is 5.00 Å². The number of carbonyl (C=O) groups is 3. The Labute approximate surface area is 145 Å². The second kappa shape index (κ2) is 5.64. The number of nitrogens with zero attached hydrogens (tertiary/aromatic N) is 2. The molecule has 0 radical (unpaired) electrons. The first-order valence-electron chi connectivity index (χ1n) is 7.53. The standard InChI is InChI=1S/C16H13N3O5S/c17-13-11(16(22)23)9-4-7(24-6-10(9)25-13)5-19-14(20)8-2-1-3-18-12(8)15(19)21/h1-3,7H,4-6,17H2,(H,22,23). The van der Waals surface area contributed by atoms with Gasteiger partial charge in [-0.05, 0) is 17.7 Å². The summed E-state index contributed by atoms with van der Waals surface area (Å²) < 4.78 is 5.71. The van der Waals surface area contributed by atoms with E-state index in [2.05, 4.69) is 4.98 Å². The number of nitrogen functional groups attached to an aromatic ring is 1. The Balaban J connectivity index is 1.57. The van der Waals surface area contributed by atoms with Gasteiger partial charge in [0.1, 0.15) is 10.7 Å². The van der Waals surface area contributed by atoms with Crippen LogP contribution in [-0.2, 0) is 17.8 Å². The minimum absolute atomic E-state index is 0.0439. The Bertz CT molecular complexity index is 887. The van der Waals surface area contributed by atoms with Crippen molar-refractivity contribution in [3.63, 3.8) is 0 Å². The van der Waals surface area contributed by atoms with Crippen LogP contribution in [0.1, 0.15) is 41.6 Å². The third-order valence-corrected chi connectivity index (χ3v) is 5.37. The van der Waals surface area contributed by atoms with Crippen LogP contribution in [-0.4, -0.2) is 45.4 Å². The van der Waals surface area contributed by atoms with Gasteiger partial charge >= 0.3 is 5.97 Å². The number of anilines is 1. The average molecular weight is 359 g/mol. The molecular formula is C16H13N3O5S. The van der Waals surface area contributed by atoms with Crippen LogP contribution in [0.2, 0.25) is 0 Å². The highest BCUT2D eigenvalue weighted by molar-refractivity contribution is 7.16. The predicted molar refractivity (Wildman–Crippen MR) is 87.6 cm³/mol. The quantitative estimate of drug-likeness (QED) is 0.788. The fourth-order valence-electron chi connectivity index (χ4n) is 3.18. The molecule has 0 aliphatic carbocycles. The van der Waals surface area contributed by atoms with Crippen LogP contribution in [0.5, 0.6) is 0 Å². The number of aromatic nitrogens is 1. The van der Waals surface area contributed by atoms with Crippen molar-refractivity contribution in [1.82, 2.24) is 9.88 Å². The maximum Gasteiger partial charge on any atom is 0.338 e. The lowest BCUT2D eigenvalue weighted by atomic mass is 10.0. The molecule has 2 aliphatic rings. The molecule has 1 unspecified atom stereocenters. The van der Waals surface area contributed by atoms with E-state index in [0.717, 1.165) is 9.78 Å². The van der Waals surface area contributed by atoms with Crippen molar-refractivity contribution in [2.24, 2.45) is 0 Å². The number of pyridine rings is 1. The number of imide groups is 1. The fraction of sp³-hybridized carbons (Fsp3) is 0.250. The zero-order chi connectivity index (χ0) is 17.7. The summed E-state index contributed by atoms with van der Waals surface area (Å²) in [5.41, 5.74) is 6.92. The maximum absolute atomic E-state index is 12.4. The molecule has 8 nitrogen and oxygen atoms in total. The van der Waals surface area contributed by atoms with Crippen LogP contribution in [0.3, 0.4) is 0 Å². The van der Waals surface area contributed by atoms with Crippen molar-refractivity contribution >= 4 is 34.1 Å². The average Bonchev–Trinajstić information content (AvgIpc) is 3.04. The van der Waals surface area contributed by atoms with Crippen molar-refractivity contribution in [1.29, 1.82) is 0 Å². The van der Waals surface area contributed by atoms with Gasteiger partial charge in [-0.1, -0.05) is 0 Å². The van der Waals surface area contributed by atoms with E-state index in [1.165, 1.54) is 17.5 Å². The SMILES string of the molecule is Nc1sc2c(c1C(=O)O)CC(CN1C(=O)c3cccnc3C1=O)OC2. The third-order valence-electron chi connectivity index (χ3n) is 4.33. The van der Waals surface area contributed by atoms with Crippen LogP contribution < -0.4 is 5.73 Å². The van der Waals surface area contributed by atoms with E-state index >= 15 is 0 Å². The number of carbonyl (C=O) groups excluding carboxylic acids is 2. The number of thiophene rings is 1. The molecule has 0 aromatic carbocycles. The second-order valence-electron chi connectivity index (χ2n) is 5.81. The normalized spacial score (nSPS) is 19.0. The molecule has 128 valence electrons. The van der Waals surface area contributed by atoms with Crippen molar-refractivity contribution in [3.05, 3.63) is 45.6 Å². The summed E-state index contributed by atoms with van der Waals surface area (Å²) in [6, 6.07) is 3.16. The molecule has 2 aromatic rings. The maximum atomic E-state index is 12.4. The van der Waals surface area contributed by atoms with Crippen molar-refractivity contribution in [3.8, 4) is 0 Å². The van der Waals surface area contributed by atoms with Gasteiger partial charge in [0.05, 0.1) is 30.4 Å². The monoisotopic (exact) mass is 359 g/mol. The first-order valence-corrected chi connectivity index (χ1v) is 8.35. The van der Waals surface area contributed by atoms with Gasteiger partial charge in [-0.2, -0.15) is 0 Å². The summed E-state index contributed by atoms with van der Waals surface area (Å²) in [5, 5.41) is 9.58. The molecule has 0 fully saturated rings. The Morgan fingerprint density at radius 1 is 1.44 bits per heavy atom. The highest BCUT2D eigenvalue weighted by atomic mass is 32.1. The van der Waals surface area contributed by atoms with Crippen molar-refractivity contribution in [2.75, 3.05) is 12.3 Å². The molecule has 0 bridgehead atoms. The summed E-state index contributed by atoms with van der Waals surface area (Å²) in [4.78, 5) is 42.0. The Morgan fingerprint density at radius 3 is 2.96 bits per heavy atom. The van der Waals surface area contributed by atoms with Gasteiger partial charge in [-0.3, -0.25) is 19.5 Å². The van der Waals surface area contributed by atoms with Gasteiger partial charge in [0.25, 0.3) is 11.8 Å².